The number of benzene rings is 2. The van der Waals surface area contributed by atoms with Gasteiger partial charge in [-0.1, -0.05) is 36.4 Å². The monoisotopic (exact) mass is 478 g/mol. The van der Waals surface area contributed by atoms with Crippen LogP contribution in [0.2, 0.25) is 0 Å². The summed E-state index contributed by atoms with van der Waals surface area (Å²) >= 11 is 0. The summed E-state index contributed by atoms with van der Waals surface area (Å²) in [6.07, 6.45) is 0. The van der Waals surface area contributed by atoms with Crippen LogP contribution < -0.4 is 21.6 Å². The van der Waals surface area contributed by atoms with Crippen LogP contribution in [-0.2, 0) is 25.2 Å². The first-order chi connectivity index (χ1) is 16.2. The fourth-order valence-electron chi connectivity index (χ4n) is 3.83. The number of urea groups is 1. The molecule has 2 amide bonds. The summed E-state index contributed by atoms with van der Waals surface area (Å²) < 4.78 is 24.4. The van der Waals surface area contributed by atoms with Gasteiger partial charge in [0, 0.05) is 12.2 Å². The van der Waals surface area contributed by atoms with Crippen molar-refractivity contribution in [3.63, 3.8) is 0 Å². The molecule has 186 valence electrons. The lowest BCUT2D eigenvalue weighted by Crippen LogP contribution is -2.41. The summed E-state index contributed by atoms with van der Waals surface area (Å²) in [6.45, 7) is 16.7. The van der Waals surface area contributed by atoms with Gasteiger partial charge in [0.2, 0.25) is 0 Å². The van der Waals surface area contributed by atoms with Gasteiger partial charge in [-0.05, 0) is 84.0 Å². The van der Waals surface area contributed by atoms with Crippen LogP contribution in [0, 0.1) is 0 Å². The first kappa shape index (κ1) is 25.8. The van der Waals surface area contributed by atoms with Gasteiger partial charge in [-0.2, -0.15) is 0 Å². The van der Waals surface area contributed by atoms with E-state index in [0.717, 1.165) is 16.5 Å². The van der Waals surface area contributed by atoms with Gasteiger partial charge in [0.15, 0.2) is 0 Å². The van der Waals surface area contributed by atoms with Gasteiger partial charge in [0.1, 0.15) is 0 Å². The number of hydrogen-bond donors (Lipinski definition) is 2. The highest BCUT2D eigenvalue weighted by Gasteiger charge is 2.52. The Bertz CT molecular complexity index is 1040. The van der Waals surface area contributed by atoms with Crippen molar-refractivity contribution in [2.24, 2.45) is 0 Å². The molecule has 0 aromatic heterocycles. The number of rotatable bonds is 5. The van der Waals surface area contributed by atoms with E-state index in [-0.39, 0.29) is 17.2 Å². The molecule has 0 atom stereocenters. The van der Waals surface area contributed by atoms with Crippen molar-refractivity contribution < 1.29 is 23.4 Å². The van der Waals surface area contributed by atoms with Crippen molar-refractivity contribution in [3.8, 4) is 0 Å². The lowest BCUT2D eigenvalue weighted by Gasteiger charge is -2.32. The quantitative estimate of drug-likeness (QED) is 0.643. The average molecular weight is 478 g/mol. The molecule has 2 aliphatic heterocycles. The second-order valence-corrected chi connectivity index (χ2v) is 11.3. The van der Waals surface area contributed by atoms with Crippen LogP contribution in [0.4, 0.5) is 10.5 Å². The highest BCUT2D eigenvalue weighted by Crippen LogP contribution is 2.37. The number of carbonyl (C=O) groups is 1. The smallest absolute Gasteiger partial charge is 0.399 e. The summed E-state index contributed by atoms with van der Waals surface area (Å²) in [5.41, 5.74) is 2.01. The molecule has 2 aromatic rings. The predicted octanol–water partition coefficient (Wildman–Crippen LogP) is 3.61. The minimum Gasteiger partial charge on any atom is -0.399 e. The van der Waals surface area contributed by atoms with Gasteiger partial charge in [0.25, 0.3) is 0 Å². The molecule has 4 rings (SSSR count). The third-order valence-electron chi connectivity index (χ3n) is 7.65. The predicted molar refractivity (Wildman–Crippen MR) is 140 cm³/mol. The molecule has 2 saturated heterocycles. The molecule has 2 N–H and O–H groups in total. The van der Waals surface area contributed by atoms with E-state index in [4.69, 9.17) is 18.6 Å². The number of anilines is 1. The molecule has 35 heavy (non-hydrogen) atoms. The number of amides is 2. The van der Waals surface area contributed by atoms with Gasteiger partial charge < -0.3 is 29.3 Å². The van der Waals surface area contributed by atoms with E-state index < -0.39 is 25.4 Å². The van der Waals surface area contributed by atoms with E-state index >= 15 is 0 Å². The lowest BCUT2D eigenvalue weighted by molar-refractivity contribution is 0.00578. The zero-order chi connectivity index (χ0) is 25.6. The van der Waals surface area contributed by atoms with Crippen molar-refractivity contribution in [2.45, 2.75) is 84.3 Å². The Morgan fingerprint density at radius 1 is 0.657 bits per heavy atom. The number of carbonyl (C=O) groups excluding carboxylic acids is 1. The Labute approximate surface area is 209 Å². The second kappa shape index (κ2) is 8.96. The van der Waals surface area contributed by atoms with Gasteiger partial charge in [-0.15, -0.1) is 0 Å². The summed E-state index contributed by atoms with van der Waals surface area (Å²) in [5, 5.41) is 5.76. The Morgan fingerprint density at radius 3 is 1.43 bits per heavy atom. The standard InChI is InChI=1S/C26H36B2N2O5/c1-23(2)24(3,4)33-27(32-23)19-11-9-18(10-12-19)17-29-22(31)30-21-15-13-20(14-16-21)28-34-25(5,6)26(7,8)35-28/h9-16H,17H2,1-8H3,(H2,29,30,31). The van der Waals surface area contributed by atoms with Gasteiger partial charge in [-0.3, -0.25) is 0 Å². The fourth-order valence-corrected chi connectivity index (χ4v) is 3.83. The minimum absolute atomic E-state index is 0.275. The van der Waals surface area contributed by atoms with Crippen molar-refractivity contribution >= 4 is 36.9 Å². The van der Waals surface area contributed by atoms with E-state index in [1.165, 1.54) is 0 Å². The van der Waals surface area contributed by atoms with Crippen LogP contribution in [-0.4, -0.2) is 42.7 Å². The molecule has 2 aromatic carbocycles. The van der Waals surface area contributed by atoms with Crippen molar-refractivity contribution in [1.29, 1.82) is 0 Å². The van der Waals surface area contributed by atoms with E-state index in [9.17, 15) is 4.79 Å². The topological polar surface area (TPSA) is 78.1 Å². The molecule has 2 heterocycles. The maximum Gasteiger partial charge on any atom is 0.494 e. The van der Waals surface area contributed by atoms with Crippen LogP contribution in [0.3, 0.4) is 0 Å². The summed E-state index contributed by atoms with van der Waals surface area (Å²) in [5.74, 6) is 0. The molecule has 0 aliphatic carbocycles. The summed E-state index contributed by atoms with van der Waals surface area (Å²) in [4.78, 5) is 12.4. The van der Waals surface area contributed by atoms with E-state index in [0.29, 0.717) is 12.2 Å². The Balaban J connectivity index is 1.27. The molecule has 0 saturated carbocycles. The lowest BCUT2D eigenvalue weighted by atomic mass is 9.79. The zero-order valence-corrected chi connectivity index (χ0v) is 22.0. The van der Waals surface area contributed by atoms with Crippen molar-refractivity contribution in [3.05, 3.63) is 54.1 Å². The maximum atomic E-state index is 12.4. The second-order valence-electron chi connectivity index (χ2n) is 11.3. The van der Waals surface area contributed by atoms with Gasteiger partial charge in [-0.25, -0.2) is 4.79 Å². The first-order valence-corrected chi connectivity index (χ1v) is 12.1. The molecule has 0 spiro atoms. The average Bonchev–Trinajstić information content (AvgIpc) is 3.12. The van der Waals surface area contributed by atoms with Gasteiger partial charge in [0.05, 0.1) is 22.4 Å². The largest absolute Gasteiger partial charge is 0.494 e. The van der Waals surface area contributed by atoms with Crippen LogP contribution >= 0.6 is 0 Å². The highest BCUT2D eigenvalue weighted by atomic mass is 16.7. The molecular weight excluding hydrogens is 442 g/mol. The molecule has 7 nitrogen and oxygen atoms in total. The molecule has 0 radical (unpaired) electrons. The van der Waals surface area contributed by atoms with Gasteiger partial charge >= 0.3 is 20.3 Å². The maximum absolute atomic E-state index is 12.4. The summed E-state index contributed by atoms with van der Waals surface area (Å²) in [6, 6.07) is 15.1. The minimum atomic E-state index is -0.428. The SMILES string of the molecule is CC1(C)OB(c2ccc(CNC(=O)Nc3ccc(B4OC(C)(C)C(C)(C)O4)cc3)cc2)OC1(C)C. The van der Waals surface area contributed by atoms with Crippen LogP contribution in [0.1, 0.15) is 61.0 Å². The zero-order valence-electron chi connectivity index (χ0n) is 22.0. The summed E-state index contributed by atoms with van der Waals surface area (Å²) in [7, 11) is -0.825. The number of nitrogens with one attached hydrogen (secondary N) is 2. The molecule has 9 heteroatoms. The van der Waals surface area contributed by atoms with Crippen LogP contribution in [0.15, 0.2) is 48.5 Å². The molecule has 0 bridgehead atoms. The fraction of sp³-hybridized carbons (Fsp3) is 0.500. The Morgan fingerprint density at radius 2 is 1.03 bits per heavy atom. The van der Waals surface area contributed by atoms with Crippen molar-refractivity contribution in [1.82, 2.24) is 5.32 Å². The van der Waals surface area contributed by atoms with E-state index in [1.54, 1.807) is 0 Å². The molecule has 2 aliphatic rings. The van der Waals surface area contributed by atoms with Crippen molar-refractivity contribution in [2.75, 3.05) is 5.32 Å². The van der Waals surface area contributed by atoms with Crippen LogP contribution in [0.25, 0.3) is 0 Å². The molecule has 2 fully saturated rings. The Hall–Kier alpha value is -2.32. The first-order valence-electron chi connectivity index (χ1n) is 12.1. The highest BCUT2D eigenvalue weighted by molar-refractivity contribution is 6.62. The number of hydrogen-bond acceptors (Lipinski definition) is 5. The molecule has 0 unspecified atom stereocenters. The third kappa shape index (κ3) is 5.28. The van der Waals surface area contributed by atoms with E-state index in [2.05, 4.69) is 10.6 Å². The third-order valence-corrected chi connectivity index (χ3v) is 7.65. The normalized spacial score (nSPS) is 21.7. The van der Waals surface area contributed by atoms with Crippen LogP contribution in [0.5, 0.6) is 0 Å². The Kier molecular flexibility index (Phi) is 6.60. The van der Waals surface area contributed by atoms with E-state index in [1.807, 2.05) is 104 Å². The molecular formula is C26H36B2N2O5.